The summed E-state index contributed by atoms with van der Waals surface area (Å²) in [5.74, 6) is 2.45. The number of unbranched alkanes of at least 4 members (excludes halogenated alkanes) is 3. The molecule has 2 aromatic rings. The van der Waals surface area contributed by atoms with Crippen molar-refractivity contribution in [1.82, 2.24) is 0 Å². The van der Waals surface area contributed by atoms with Crippen molar-refractivity contribution < 1.29 is 28.7 Å². The summed E-state index contributed by atoms with van der Waals surface area (Å²) in [5, 5.41) is 1.38. The van der Waals surface area contributed by atoms with Gasteiger partial charge in [-0.05, 0) is 0 Å². The van der Waals surface area contributed by atoms with Gasteiger partial charge in [-0.15, -0.1) is 0 Å². The van der Waals surface area contributed by atoms with Crippen LogP contribution in [0, 0.1) is 0 Å². The number of halogens is 1. The van der Waals surface area contributed by atoms with Crippen LogP contribution in [0.25, 0.3) is 0 Å². The number of aromatic hydroxyl groups is 2. The maximum Gasteiger partial charge on any atom is -1.00 e. The first-order valence-corrected chi connectivity index (χ1v) is 13.1. The van der Waals surface area contributed by atoms with E-state index < -0.39 is 13.6 Å². The van der Waals surface area contributed by atoms with E-state index >= 15 is 0 Å². The average Bonchev–Trinajstić information content (AvgIpc) is 2.52. The van der Waals surface area contributed by atoms with Gasteiger partial charge in [0, 0.05) is 0 Å². The van der Waals surface area contributed by atoms with Crippen molar-refractivity contribution in [2.45, 2.75) is 43.5 Å². The standard InChI is InChI=1S/C19H24AsO.HI/c1-3-4-5-10-15-20(2)16-11-6-8-13-18(16)21-19-14-9-7-12-17(19)20;/h6-9,11-14H,3-5,10,15H2,1-2H3;1H. The number of hydrogen-bond acceptors (Lipinski definition) is 0. The molecule has 0 unspecified atom stereocenters. The van der Waals surface area contributed by atoms with Crippen molar-refractivity contribution in [1.29, 1.82) is 0 Å². The van der Waals surface area contributed by atoms with E-state index in [4.69, 9.17) is 4.74 Å². The Labute approximate surface area is 153 Å². The summed E-state index contributed by atoms with van der Waals surface area (Å²) in [6, 6.07) is 17.7. The minimum atomic E-state index is -2.03. The zero-order valence-corrected chi connectivity index (χ0v) is 17.5. The summed E-state index contributed by atoms with van der Waals surface area (Å²) in [5.41, 5.74) is 2.57. The van der Waals surface area contributed by atoms with Gasteiger partial charge in [0.15, 0.2) is 0 Å². The largest absolute Gasteiger partial charge is 1.00 e. The Morgan fingerprint density at radius 1 is 0.818 bits per heavy atom. The molecule has 0 bridgehead atoms. The van der Waals surface area contributed by atoms with Gasteiger partial charge in [0.1, 0.15) is 0 Å². The van der Waals surface area contributed by atoms with Gasteiger partial charge in [0.2, 0.25) is 0 Å². The van der Waals surface area contributed by atoms with E-state index in [0.717, 1.165) is 0 Å². The molecule has 3 rings (SSSR count). The molecule has 0 fully saturated rings. The fourth-order valence-corrected chi connectivity index (χ4v) is 11.0. The molecule has 1 aliphatic rings. The maximum absolute atomic E-state index is 4.89. The van der Waals surface area contributed by atoms with E-state index in [-0.39, 0.29) is 24.0 Å². The van der Waals surface area contributed by atoms with E-state index in [1.54, 1.807) is 8.70 Å². The summed E-state index contributed by atoms with van der Waals surface area (Å²) in [6.45, 7) is 2.28. The van der Waals surface area contributed by atoms with Crippen LogP contribution < -0.4 is 32.7 Å². The van der Waals surface area contributed by atoms with Crippen LogP contribution in [0.5, 0.6) is 11.5 Å². The molecule has 119 valence electrons. The molecule has 1 aliphatic heterocycles. The van der Waals surface area contributed by atoms with Crippen molar-refractivity contribution in [3.05, 3.63) is 48.5 Å². The molecule has 22 heavy (non-hydrogen) atoms. The Morgan fingerprint density at radius 3 is 1.91 bits per heavy atom. The van der Waals surface area contributed by atoms with E-state index in [1.165, 1.54) is 42.4 Å². The van der Waals surface area contributed by atoms with Crippen LogP contribution in [0.4, 0.5) is 0 Å². The van der Waals surface area contributed by atoms with E-state index in [0.29, 0.717) is 0 Å². The Balaban J connectivity index is 0.00000176. The molecule has 1 N–H and O–H groups in total. The summed E-state index contributed by atoms with van der Waals surface area (Å²) in [6.07, 6.45) is 5.41. The Morgan fingerprint density at radius 2 is 1.36 bits per heavy atom. The Bertz CT molecular complexity index is 581. The smallest absolute Gasteiger partial charge is 1.00 e. The topological polar surface area (TPSA) is 12.8 Å². The summed E-state index contributed by atoms with van der Waals surface area (Å²) in [4.78, 5) is 0. The SMILES string of the molecule is CCCCCC[As]1(C)c2ccccc2[OH+]c2ccccc21.[I-]. The number of benzene rings is 2. The van der Waals surface area contributed by atoms with Crippen LogP contribution in [0.2, 0.25) is 10.9 Å². The van der Waals surface area contributed by atoms with E-state index in [9.17, 15) is 0 Å². The molecule has 0 saturated heterocycles. The molecule has 0 atom stereocenters. The van der Waals surface area contributed by atoms with Crippen LogP contribution >= 0.6 is 0 Å². The van der Waals surface area contributed by atoms with Gasteiger partial charge in [0.25, 0.3) is 0 Å². The van der Waals surface area contributed by atoms with Gasteiger partial charge in [-0.2, -0.15) is 0 Å². The number of fused-ring (bicyclic) bond motifs is 2. The normalized spacial score (nSPS) is 14.3. The van der Waals surface area contributed by atoms with Gasteiger partial charge in [0.05, 0.1) is 0 Å². The van der Waals surface area contributed by atoms with Crippen LogP contribution in [-0.2, 0) is 0 Å². The third-order valence-corrected chi connectivity index (χ3v) is 13.1. The Hall–Kier alpha value is -0.472. The number of rotatable bonds is 5. The number of hydrogen-bond donors (Lipinski definition) is 0. The van der Waals surface area contributed by atoms with Crippen molar-refractivity contribution in [3.63, 3.8) is 0 Å². The number of para-hydroxylation sites is 2. The first-order chi connectivity index (χ1) is 10.3. The quantitative estimate of drug-likeness (QED) is 0.271. The molecule has 1 radical (unpaired) electrons. The second-order valence-corrected chi connectivity index (χ2v) is 14.0. The summed E-state index contributed by atoms with van der Waals surface area (Å²) < 4.78 is 8.01. The fraction of sp³-hybridized carbons (Fsp3) is 0.368. The molecule has 0 spiro atoms. The minimum absolute atomic E-state index is 0. The van der Waals surface area contributed by atoms with Crippen LogP contribution in [0.15, 0.2) is 48.5 Å². The predicted octanol–water partition coefficient (Wildman–Crippen LogP) is 1.43. The van der Waals surface area contributed by atoms with Gasteiger partial charge >= 0.3 is 131 Å². The molecule has 0 aromatic heterocycles. The van der Waals surface area contributed by atoms with Crippen molar-refractivity contribution in [2.24, 2.45) is 0 Å². The molecule has 0 aliphatic carbocycles. The van der Waals surface area contributed by atoms with Crippen molar-refractivity contribution in [3.8, 4) is 11.5 Å². The zero-order valence-electron chi connectivity index (χ0n) is 13.4. The fourth-order valence-electron chi connectivity index (χ4n) is 3.31. The third kappa shape index (κ3) is 3.38. The van der Waals surface area contributed by atoms with Gasteiger partial charge in [-0.25, -0.2) is 0 Å². The average molecular weight is 471 g/mol. The second kappa shape index (κ2) is 7.88. The van der Waals surface area contributed by atoms with Crippen LogP contribution in [0.1, 0.15) is 32.6 Å². The van der Waals surface area contributed by atoms with Gasteiger partial charge in [-0.3, -0.25) is 0 Å². The molecular formula is C19H25AsIO. The minimum Gasteiger partial charge on any atom is -1.00 e. The van der Waals surface area contributed by atoms with Gasteiger partial charge < -0.3 is 24.0 Å². The molecule has 2 aromatic carbocycles. The molecular weight excluding hydrogens is 446 g/mol. The molecule has 3 heteroatoms. The molecule has 0 amide bonds. The van der Waals surface area contributed by atoms with Crippen LogP contribution in [-0.4, -0.2) is 18.3 Å². The molecule has 1 nitrogen and oxygen atoms in total. The Kier molecular flexibility index (Phi) is 6.40. The first-order valence-electron chi connectivity index (χ1n) is 8.02. The molecule has 1 heterocycles. The summed E-state index contributed by atoms with van der Waals surface area (Å²) in [7, 11) is 0. The van der Waals surface area contributed by atoms with Crippen molar-refractivity contribution >= 4 is 22.3 Å². The zero-order chi connectivity index (χ0) is 14.7. The third-order valence-electron chi connectivity index (χ3n) is 4.53. The maximum atomic E-state index is 4.89. The van der Waals surface area contributed by atoms with Gasteiger partial charge in [-0.1, -0.05) is 0 Å². The first kappa shape index (κ1) is 17.9. The van der Waals surface area contributed by atoms with Crippen LogP contribution in [0.3, 0.4) is 0 Å². The predicted molar refractivity (Wildman–Crippen MR) is 93.8 cm³/mol. The van der Waals surface area contributed by atoms with E-state index in [2.05, 4.69) is 61.2 Å². The molecule has 0 saturated carbocycles. The van der Waals surface area contributed by atoms with Crippen molar-refractivity contribution in [2.75, 3.05) is 0 Å². The number of ether oxygens (including phenoxy) is 1. The summed E-state index contributed by atoms with van der Waals surface area (Å²) >= 11 is -2.03. The monoisotopic (exact) mass is 471 g/mol. The second-order valence-electron chi connectivity index (χ2n) is 6.06. The van der Waals surface area contributed by atoms with E-state index in [1.807, 2.05) is 0 Å².